The number of hydrogen-bond acceptors (Lipinski definition) is 4. The summed E-state index contributed by atoms with van der Waals surface area (Å²) in [6.07, 6.45) is 0.656. The van der Waals surface area contributed by atoms with Crippen molar-refractivity contribution in [2.75, 3.05) is 11.9 Å². The minimum absolute atomic E-state index is 0.202. The first-order valence-corrected chi connectivity index (χ1v) is 6.92. The van der Waals surface area contributed by atoms with E-state index in [-0.39, 0.29) is 12.3 Å². The normalized spacial score (nSPS) is 17.2. The molecular formula is C13H12Cl2N2O4. The Morgan fingerprint density at radius 2 is 2.14 bits per heavy atom. The zero-order valence-electron chi connectivity index (χ0n) is 10.8. The van der Waals surface area contributed by atoms with Gasteiger partial charge in [0.1, 0.15) is 6.04 Å². The highest BCUT2D eigenvalue weighted by Crippen LogP contribution is 2.25. The molecule has 2 amide bonds. The summed E-state index contributed by atoms with van der Waals surface area (Å²) in [5.74, 6) is -1.38. The van der Waals surface area contributed by atoms with Gasteiger partial charge in [-0.1, -0.05) is 23.2 Å². The van der Waals surface area contributed by atoms with Crippen LogP contribution >= 0.6 is 23.2 Å². The van der Waals surface area contributed by atoms with Gasteiger partial charge in [0.25, 0.3) is 5.91 Å². The third-order valence-corrected chi connectivity index (χ3v) is 3.39. The smallest absolute Gasteiger partial charge is 0.329 e. The minimum Gasteiger partial charge on any atom is -0.454 e. The molecule has 1 saturated heterocycles. The van der Waals surface area contributed by atoms with Crippen LogP contribution in [0.5, 0.6) is 0 Å². The van der Waals surface area contributed by atoms with Crippen LogP contribution in [0.25, 0.3) is 0 Å². The number of anilines is 1. The number of nitrogens with one attached hydrogen (secondary N) is 2. The fourth-order valence-corrected chi connectivity index (χ4v) is 2.14. The van der Waals surface area contributed by atoms with Crippen molar-refractivity contribution in [1.29, 1.82) is 0 Å². The molecule has 0 saturated carbocycles. The van der Waals surface area contributed by atoms with Crippen LogP contribution < -0.4 is 10.6 Å². The van der Waals surface area contributed by atoms with Gasteiger partial charge >= 0.3 is 5.97 Å². The summed E-state index contributed by atoms with van der Waals surface area (Å²) >= 11 is 11.7. The predicted octanol–water partition coefficient (Wildman–Crippen LogP) is 1.75. The van der Waals surface area contributed by atoms with Gasteiger partial charge in [0.05, 0.1) is 10.7 Å². The first-order valence-electron chi connectivity index (χ1n) is 6.16. The fraction of sp³-hybridized carbons (Fsp3) is 0.308. The maximum atomic E-state index is 11.7. The second kappa shape index (κ2) is 6.78. The number of carbonyl (C=O) groups is 3. The van der Waals surface area contributed by atoms with Gasteiger partial charge in [-0.05, 0) is 24.6 Å². The Kier molecular flexibility index (Phi) is 5.03. The van der Waals surface area contributed by atoms with Gasteiger partial charge < -0.3 is 15.4 Å². The Morgan fingerprint density at radius 1 is 1.38 bits per heavy atom. The van der Waals surface area contributed by atoms with E-state index >= 15 is 0 Å². The topological polar surface area (TPSA) is 84.5 Å². The van der Waals surface area contributed by atoms with Crippen molar-refractivity contribution in [3.63, 3.8) is 0 Å². The summed E-state index contributed by atoms with van der Waals surface area (Å²) in [6, 6.07) is 3.93. The third kappa shape index (κ3) is 4.34. The van der Waals surface area contributed by atoms with E-state index in [1.807, 2.05) is 0 Å². The molecule has 8 heteroatoms. The van der Waals surface area contributed by atoms with Gasteiger partial charge in [-0.3, -0.25) is 9.59 Å². The first kappa shape index (κ1) is 15.6. The molecule has 1 atom stereocenters. The molecule has 0 bridgehead atoms. The molecule has 1 aliphatic heterocycles. The standard InChI is InChI=1S/C13H12Cl2N2O4/c14-7-1-2-8(15)10(5-7)17-12(19)6-21-13(20)9-3-4-11(18)16-9/h1-2,5,9H,3-4,6H2,(H,16,18)(H,17,19)/t9-/m1/s1. The Balaban J connectivity index is 1.83. The fourth-order valence-electron chi connectivity index (χ4n) is 1.81. The van der Waals surface area contributed by atoms with Crippen molar-refractivity contribution >= 4 is 46.7 Å². The summed E-state index contributed by atoms with van der Waals surface area (Å²) < 4.78 is 4.84. The molecule has 1 aromatic carbocycles. The Labute approximate surface area is 130 Å². The number of amides is 2. The van der Waals surface area contributed by atoms with E-state index in [1.54, 1.807) is 12.1 Å². The number of rotatable bonds is 4. The van der Waals surface area contributed by atoms with Crippen LogP contribution in [0.3, 0.4) is 0 Å². The molecule has 0 unspecified atom stereocenters. The zero-order chi connectivity index (χ0) is 15.4. The van der Waals surface area contributed by atoms with Crippen LogP contribution in [0, 0.1) is 0 Å². The van der Waals surface area contributed by atoms with E-state index in [4.69, 9.17) is 27.9 Å². The average molecular weight is 331 g/mol. The lowest BCUT2D eigenvalue weighted by molar-refractivity contribution is -0.149. The van der Waals surface area contributed by atoms with Crippen LogP contribution in [0.1, 0.15) is 12.8 Å². The van der Waals surface area contributed by atoms with Crippen LogP contribution in [0.4, 0.5) is 5.69 Å². The van der Waals surface area contributed by atoms with Gasteiger partial charge in [-0.2, -0.15) is 0 Å². The number of ether oxygens (including phenoxy) is 1. The van der Waals surface area contributed by atoms with Crippen molar-refractivity contribution in [2.45, 2.75) is 18.9 Å². The van der Waals surface area contributed by atoms with Crippen LogP contribution in [-0.2, 0) is 19.1 Å². The highest BCUT2D eigenvalue weighted by Gasteiger charge is 2.28. The second-order valence-electron chi connectivity index (χ2n) is 4.44. The van der Waals surface area contributed by atoms with E-state index in [1.165, 1.54) is 6.07 Å². The molecular weight excluding hydrogens is 319 g/mol. The van der Waals surface area contributed by atoms with Gasteiger partial charge in [0, 0.05) is 11.4 Å². The minimum atomic E-state index is -0.681. The zero-order valence-corrected chi connectivity index (χ0v) is 12.3. The highest BCUT2D eigenvalue weighted by atomic mass is 35.5. The van der Waals surface area contributed by atoms with Crippen molar-refractivity contribution < 1.29 is 19.1 Å². The quantitative estimate of drug-likeness (QED) is 0.824. The molecule has 0 radical (unpaired) electrons. The number of halogens is 2. The van der Waals surface area contributed by atoms with Gasteiger partial charge in [0.2, 0.25) is 5.91 Å². The molecule has 6 nitrogen and oxygen atoms in total. The Hall–Kier alpha value is -1.79. The second-order valence-corrected chi connectivity index (χ2v) is 5.28. The first-order chi connectivity index (χ1) is 9.95. The summed E-state index contributed by atoms with van der Waals surface area (Å²) in [6.45, 7) is -0.464. The average Bonchev–Trinajstić information content (AvgIpc) is 2.87. The van der Waals surface area contributed by atoms with E-state index in [9.17, 15) is 14.4 Å². The Morgan fingerprint density at radius 3 is 2.81 bits per heavy atom. The molecule has 0 aromatic heterocycles. The lowest BCUT2D eigenvalue weighted by Crippen LogP contribution is -2.36. The van der Waals surface area contributed by atoms with Crippen molar-refractivity contribution in [3.05, 3.63) is 28.2 Å². The highest BCUT2D eigenvalue weighted by molar-refractivity contribution is 6.35. The summed E-state index contributed by atoms with van der Waals surface area (Å²) in [7, 11) is 0. The van der Waals surface area contributed by atoms with E-state index in [0.29, 0.717) is 22.2 Å². The third-order valence-electron chi connectivity index (χ3n) is 2.83. The van der Waals surface area contributed by atoms with Crippen molar-refractivity contribution in [2.24, 2.45) is 0 Å². The molecule has 1 aromatic rings. The van der Waals surface area contributed by atoms with Gasteiger partial charge in [0.15, 0.2) is 6.61 Å². The molecule has 1 fully saturated rings. The van der Waals surface area contributed by atoms with E-state index < -0.39 is 24.5 Å². The Bertz CT molecular complexity index is 592. The van der Waals surface area contributed by atoms with Crippen molar-refractivity contribution in [3.8, 4) is 0 Å². The van der Waals surface area contributed by atoms with Gasteiger partial charge in [-0.25, -0.2) is 4.79 Å². The number of hydrogen-bond donors (Lipinski definition) is 2. The molecule has 21 heavy (non-hydrogen) atoms. The van der Waals surface area contributed by atoms with E-state index in [0.717, 1.165) is 0 Å². The van der Waals surface area contributed by atoms with Crippen LogP contribution in [0.15, 0.2) is 18.2 Å². The summed E-state index contributed by atoms with van der Waals surface area (Å²) in [5.41, 5.74) is 0.333. The number of benzene rings is 1. The van der Waals surface area contributed by atoms with Crippen molar-refractivity contribution in [1.82, 2.24) is 5.32 Å². The molecule has 0 spiro atoms. The lowest BCUT2D eigenvalue weighted by atomic mass is 10.2. The number of esters is 1. The summed E-state index contributed by atoms with van der Waals surface area (Å²) in [4.78, 5) is 34.3. The maximum Gasteiger partial charge on any atom is 0.329 e. The van der Waals surface area contributed by atoms with Crippen LogP contribution in [-0.4, -0.2) is 30.4 Å². The molecule has 0 aliphatic carbocycles. The van der Waals surface area contributed by atoms with Crippen LogP contribution in [0.2, 0.25) is 10.0 Å². The molecule has 112 valence electrons. The molecule has 1 heterocycles. The summed E-state index contributed by atoms with van der Waals surface area (Å²) in [5, 5.41) is 5.68. The lowest BCUT2D eigenvalue weighted by Gasteiger charge is -2.11. The SMILES string of the molecule is O=C(COC(=O)[C@H]1CCC(=O)N1)Nc1cc(Cl)ccc1Cl. The largest absolute Gasteiger partial charge is 0.454 e. The van der Waals surface area contributed by atoms with E-state index in [2.05, 4.69) is 10.6 Å². The predicted molar refractivity (Wildman–Crippen MR) is 77.2 cm³/mol. The molecule has 1 aliphatic rings. The molecule has 2 N–H and O–H groups in total. The van der Waals surface area contributed by atoms with Gasteiger partial charge in [-0.15, -0.1) is 0 Å². The maximum absolute atomic E-state index is 11.7. The monoisotopic (exact) mass is 330 g/mol. The number of carbonyl (C=O) groups excluding carboxylic acids is 3. The molecule has 2 rings (SSSR count).